The van der Waals surface area contributed by atoms with Crippen LogP contribution in [0.4, 0.5) is 62.6 Å². The first-order chi connectivity index (χ1) is 69.9. The molecule has 17 aromatic rings. The van der Waals surface area contributed by atoms with Gasteiger partial charge >= 0.3 is 0 Å². The van der Waals surface area contributed by atoms with Crippen molar-refractivity contribution in [3.05, 3.63) is 279 Å². The number of para-hydroxylation sites is 3. The van der Waals surface area contributed by atoms with Crippen LogP contribution in [0.1, 0.15) is 316 Å². The number of nitrogens with one attached hydrogen (secondary N) is 1. The Morgan fingerprint density at radius 2 is 0.507 bits per heavy atom. The first-order valence-electron chi connectivity index (χ1n) is 54.8. The highest BCUT2D eigenvalue weighted by atomic mass is 32.2. The Balaban J connectivity index is 0.832. The maximum atomic E-state index is 7.75. The van der Waals surface area contributed by atoms with Crippen molar-refractivity contribution >= 4 is 233 Å². The molecule has 150 heavy (non-hydrogen) atoms. The lowest BCUT2D eigenvalue weighted by atomic mass is 9.29. The summed E-state index contributed by atoms with van der Waals surface area (Å²) in [5, 5.41) is 12.3. The van der Waals surface area contributed by atoms with E-state index < -0.39 is 0 Å². The van der Waals surface area contributed by atoms with Gasteiger partial charge in [-0.25, -0.2) is 0 Å². The highest BCUT2D eigenvalue weighted by Crippen LogP contribution is 2.57. The molecular formula is C135H153B3N8OS3. The zero-order valence-corrected chi connectivity index (χ0v) is 99.2. The van der Waals surface area contributed by atoms with E-state index in [0.29, 0.717) is 0 Å². The zero-order valence-electron chi connectivity index (χ0n) is 96.7. The summed E-state index contributed by atoms with van der Waals surface area (Å²) in [7, 11) is 0. The number of nitrogens with zero attached hydrogens (tertiary/aromatic N) is 7. The second-order valence-electron chi connectivity index (χ2n) is 56.9. The third kappa shape index (κ3) is 15.6. The molecule has 1 N–H and O–H groups in total. The van der Waals surface area contributed by atoms with Gasteiger partial charge in [0.1, 0.15) is 11.5 Å². The van der Waals surface area contributed by atoms with Crippen molar-refractivity contribution in [2.75, 3.05) is 41.9 Å². The highest BCUT2D eigenvalue weighted by Gasteiger charge is 2.52. The van der Waals surface area contributed by atoms with Gasteiger partial charge in [-0.15, -0.1) is 0 Å². The Morgan fingerprint density at radius 3 is 0.860 bits per heavy atom. The van der Waals surface area contributed by atoms with E-state index in [1.165, 1.54) is 210 Å². The van der Waals surface area contributed by atoms with E-state index >= 15 is 0 Å². The van der Waals surface area contributed by atoms with E-state index in [1.807, 2.05) is 23.9 Å². The summed E-state index contributed by atoms with van der Waals surface area (Å²) in [5.41, 5.74) is 48.6. The number of rotatable bonds is 7. The Hall–Kier alpha value is -11.5. The Bertz CT molecular complexity index is 8410. The van der Waals surface area contributed by atoms with Gasteiger partial charge in [-0.3, -0.25) is 12.9 Å². The van der Waals surface area contributed by atoms with Crippen molar-refractivity contribution in [3.63, 3.8) is 0 Å². The number of benzene rings is 14. The van der Waals surface area contributed by atoms with Crippen LogP contribution in [0, 0.1) is 0 Å². The van der Waals surface area contributed by atoms with E-state index in [-0.39, 0.29) is 85.1 Å². The summed E-state index contributed by atoms with van der Waals surface area (Å²) in [6.45, 7) is 86.1. The van der Waals surface area contributed by atoms with Gasteiger partial charge in [0.25, 0.3) is 20.1 Å². The maximum Gasteiger partial charge on any atom is 0.256 e. The normalized spacial score (nSPS) is 14.9. The van der Waals surface area contributed by atoms with Crippen LogP contribution >= 0.6 is 35.8 Å². The second-order valence-corrected chi connectivity index (χ2v) is 59.1. The molecule has 0 atom stereocenters. The monoisotopic (exact) mass is 2030 g/mol. The largest absolute Gasteiger partial charge is 0.458 e. The van der Waals surface area contributed by atoms with E-state index in [1.54, 1.807) is 11.9 Å². The average molecular weight is 2030 g/mol. The molecular weight excluding hydrogens is 1880 g/mol. The Kier molecular flexibility index (Phi) is 22.6. The van der Waals surface area contributed by atoms with Gasteiger partial charge in [-0.2, -0.15) is 0 Å². The molecule has 0 saturated carbocycles. The van der Waals surface area contributed by atoms with Crippen LogP contribution in [0.2, 0.25) is 0 Å². The molecule has 0 saturated heterocycles. The van der Waals surface area contributed by atoms with Crippen LogP contribution in [-0.2, 0) is 65.0 Å². The van der Waals surface area contributed by atoms with Crippen LogP contribution in [-0.4, -0.2) is 52.6 Å². The topological polar surface area (TPSA) is 49.0 Å². The summed E-state index contributed by atoms with van der Waals surface area (Å²) in [4.78, 5) is 2.60. The molecule has 15 heteroatoms. The van der Waals surface area contributed by atoms with Crippen molar-refractivity contribution < 1.29 is 4.74 Å². The zero-order chi connectivity index (χ0) is 107. The van der Waals surface area contributed by atoms with Crippen LogP contribution < -0.4 is 77.0 Å². The molecule has 3 aromatic heterocycles. The van der Waals surface area contributed by atoms with Crippen LogP contribution in [0.5, 0.6) is 11.5 Å². The molecule has 0 amide bonds. The minimum absolute atomic E-state index is 0.121. The van der Waals surface area contributed by atoms with Gasteiger partial charge in [-0.05, 0) is 320 Å². The number of hydrogen-bond acceptors (Lipinski definition) is 9. The van der Waals surface area contributed by atoms with Gasteiger partial charge in [0.2, 0.25) is 0 Å². The van der Waals surface area contributed by atoms with Gasteiger partial charge < -0.3 is 28.7 Å². The number of ether oxygens (including phenoxy) is 1. The summed E-state index contributed by atoms with van der Waals surface area (Å²) in [6.07, 6.45) is 6.96. The molecule has 0 spiro atoms. The van der Waals surface area contributed by atoms with Crippen molar-refractivity contribution in [2.24, 2.45) is 0 Å². The molecule has 766 valence electrons. The van der Waals surface area contributed by atoms with Gasteiger partial charge in [0.05, 0.1) is 67.2 Å². The fourth-order valence-corrected chi connectivity index (χ4v) is 27.9. The molecule has 0 fully saturated rings. The van der Waals surface area contributed by atoms with Crippen molar-refractivity contribution in [3.8, 4) is 28.6 Å². The van der Waals surface area contributed by atoms with Crippen molar-refractivity contribution in [1.29, 1.82) is 0 Å². The molecule has 9 heterocycles. The van der Waals surface area contributed by atoms with Gasteiger partial charge in [0.15, 0.2) is 0 Å². The lowest BCUT2D eigenvalue weighted by Gasteiger charge is -2.46. The quantitative estimate of drug-likeness (QED) is 0.124. The molecule has 0 bridgehead atoms. The molecule has 0 unspecified atom stereocenters. The van der Waals surface area contributed by atoms with Crippen molar-refractivity contribution in [1.82, 2.24) is 13.7 Å². The van der Waals surface area contributed by atoms with E-state index in [4.69, 9.17) is 4.74 Å². The minimum Gasteiger partial charge on any atom is -0.458 e. The SMILES string of the molecule is CSN1c2cc3c(cc2B2c4ccccc4Oc4cc(-n5c6c(C(C)(C)C)cc(C(C)(C)C)cc6c6cc(C(C)(C)C)cc(C(C)(C)C)c65)cc1c42)B1c2cc4c(cc2N(SC)c2cc(-n5c6c(C(C)(C)C)cc(C(C)(C)C)cc6c6cc(C(C)(C)C)cc(C(C)(C)C)c65)cc(c21)N3SC)Nc1cc(-n2c3c(C(C)(C)C)cc(C(C)(C)C)cc3c3cc(C(C)(C)C)cc(C(C)(C)C)c32)cc2c1B4c1ccccc1N2c1ccccc1. The van der Waals surface area contributed by atoms with E-state index in [0.717, 1.165) is 62.5 Å². The summed E-state index contributed by atoms with van der Waals surface area (Å²) >= 11 is 5.46. The molecule has 0 radical (unpaired) electrons. The summed E-state index contributed by atoms with van der Waals surface area (Å²) < 4.78 is 23.9. The van der Waals surface area contributed by atoms with Crippen LogP contribution in [0.3, 0.4) is 0 Å². The summed E-state index contributed by atoms with van der Waals surface area (Å²) in [6, 6.07) is 86.6. The third-order valence-corrected chi connectivity index (χ3v) is 36.1. The fraction of sp³-hybridized carbons (Fsp3) is 0.378. The van der Waals surface area contributed by atoms with Crippen LogP contribution in [0.15, 0.2) is 212 Å². The Labute approximate surface area is 908 Å². The number of anilines is 11. The lowest BCUT2D eigenvalue weighted by Crippen LogP contribution is -2.66. The summed E-state index contributed by atoms with van der Waals surface area (Å²) in [5.74, 6) is 1.76. The lowest BCUT2D eigenvalue weighted by molar-refractivity contribution is 0.487. The molecule has 0 aliphatic carbocycles. The predicted molar refractivity (Wildman–Crippen MR) is 665 cm³/mol. The van der Waals surface area contributed by atoms with E-state index in [9.17, 15) is 0 Å². The van der Waals surface area contributed by atoms with Crippen molar-refractivity contribution in [2.45, 2.75) is 314 Å². The van der Waals surface area contributed by atoms with Gasteiger partial charge in [-0.1, -0.05) is 352 Å². The first-order valence-corrected chi connectivity index (χ1v) is 58.4. The van der Waals surface area contributed by atoms with E-state index in [2.05, 4.69) is 517 Å². The molecule has 6 aliphatic rings. The smallest absolute Gasteiger partial charge is 0.256 e. The average Bonchev–Trinajstić information content (AvgIpc) is 1.06. The maximum absolute atomic E-state index is 7.75. The first kappa shape index (κ1) is 102. The minimum atomic E-state index is -0.290. The standard InChI is InChI=1S/C135H153B3N8OS3/c1-124(2,3)75-53-85-86-54-76(125(4,5)6)60-92(131(22,23)24)119(86)141(118(85)91(59-75)130(19,20)21)82-65-104-115-109(66-82)140(81-47-41-40-42-48-81)105-51-45-43-49-97(105)136(115)99-71-100-106(73-103(99)139-104)144(148-37)110-67-83(142-120-87(55-77(126(7,8)9)61-93(120)132(25,26)27)88-56-78(127(10,11)12)62-94(121(88)142)133(28,29)30)68-111-116(110)138(100)102-72-101-107(74-108(102)145(111)149-38)146(150-39)112-69-84(70-114-117(112)137(101)98-50-44-46-52-113(98)147-114)143-122-89(57-79(128(13,14)15)63-95(122)134(31,32)33)90-58-80(129(16,17)18)64-96(123(90)143)135(34,35)36/h40-74,139H,1-39H3. The van der Waals surface area contributed by atoms with Crippen LogP contribution in [0.25, 0.3) is 82.5 Å². The number of fused-ring (bicyclic) bond motifs is 21. The second kappa shape index (κ2) is 33.3. The Morgan fingerprint density at radius 1 is 0.213 bits per heavy atom. The highest BCUT2D eigenvalue weighted by molar-refractivity contribution is 8.01. The number of aromatic nitrogens is 3. The molecule has 23 rings (SSSR count). The molecule has 9 nitrogen and oxygen atoms in total. The number of hydrogen-bond donors (Lipinski definition) is 1. The predicted octanol–water partition coefficient (Wildman–Crippen LogP) is 32.2. The molecule has 6 aliphatic heterocycles. The molecule has 14 aromatic carbocycles. The fourth-order valence-electron chi connectivity index (χ4n) is 25.8. The van der Waals surface area contributed by atoms with Gasteiger partial charge in [0, 0.05) is 103 Å². The third-order valence-electron chi connectivity index (χ3n) is 33.9.